The largest absolute Gasteiger partial charge is 0.462 e. The number of ether oxygens (including phenoxy) is 1. The number of carbonyl (C=O) groups is 1. The molecule has 118 valence electrons. The molecule has 7 heteroatoms. The summed E-state index contributed by atoms with van der Waals surface area (Å²) < 4.78 is 5.89. The van der Waals surface area contributed by atoms with Gasteiger partial charge in [-0.25, -0.2) is 9.78 Å². The molecular formula is C16H14N2O3S2. The average molecular weight is 346 g/mol. The van der Waals surface area contributed by atoms with Gasteiger partial charge in [-0.2, -0.15) is 0 Å². The van der Waals surface area contributed by atoms with Crippen molar-refractivity contribution in [1.82, 2.24) is 9.97 Å². The van der Waals surface area contributed by atoms with Crippen molar-refractivity contribution in [2.45, 2.75) is 11.3 Å². The smallest absolute Gasteiger partial charge is 0.343 e. The molecule has 5 nitrogen and oxygen atoms in total. The molecule has 2 aromatic heterocycles. The van der Waals surface area contributed by atoms with Crippen LogP contribution in [0.5, 0.6) is 0 Å². The van der Waals surface area contributed by atoms with Crippen LogP contribution in [0.25, 0.3) is 22.2 Å². The van der Waals surface area contributed by atoms with Gasteiger partial charge in [-0.3, -0.25) is 4.79 Å². The first-order chi connectivity index (χ1) is 11.1. The van der Waals surface area contributed by atoms with Crippen molar-refractivity contribution in [3.8, 4) is 11.3 Å². The van der Waals surface area contributed by atoms with E-state index in [4.69, 9.17) is 4.74 Å². The normalized spacial score (nSPS) is 10.9. The SMILES string of the molecule is CCOC(=O)c1c[nH]c2cc(-c3csc(SC)n3)ccc2c1=O. The molecule has 0 aliphatic rings. The number of benzene rings is 1. The second-order valence-corrected chi connectivity index (χ2v) is 6.63. The minimum atomic E-state index is -0.608. The predicted octanol–water partition coefficient (Wildman–Crippen LogP) is 3.55. The monoisotopic (exact) mass is 346 g/mol. The van der Waals surface area contributed by atoms with Gasteiger partial charge in [0, 0.05) is 28.0 Å². The van der Waals surface area contributed by atoms with Gasteiger partial charge >= 0.3 is 5.97 Å². The summed E-state index contributed by atoms with van der Waals surface area (Å²) >= 11 is 3.18. The van der Waals surface area contributed by atoms with Gasteiger partial charge in [0.15, 0.2) is 0 Å². The zero-order valence-electron chi connectivity index (χ0n) is 12.6. The van der Waals surface area contributed by atoms with Crippen molar-refractivity contribution in [2.24, 2.45) is 0 Å². The van der Waals surface area contributed by atoms with Gasteiger partial charge in [0.05, 0.1) is 12.3 Å². The fourth-order valence-electron chi connectivity index (χ4n) is 2.23. The Hall–Kier alpha value is -2.12. The second kappa shape index (κ2) is 6.55. The number of hydrogen-bond acceptors (Lipinski definition) is 6. The highest BCUT2D eigenvalue weighted by Gasteiger charge is 2.14. The maximum atomic E-state index is 12.4. The number of H-pyrrole nitrogens is 1. The summed E-state index contributed by atoms with van der Waals surface area (Å²) in [6.07, 6.45) is 3.39. The Morgan fingerprint density at radius 3 is 2.96 bits per heavy atom. The quantitative estimate of drug-likeness (QED) is 0.578. The van der Waals surface area contributed by atoms with E-state index in [9.17, 15) is 9.59 Å². The van der Waals surface area contributed by atoms with Crippen LogP contribution in [0.2, 0.25) is 0 Å². The molecule has 23 heavy (non-hydrogen) atoms. The summed E-state index contributed by atoms with van der Waals surface area (Å²) in [4.78, 5) is 31.7. The lowest BCUT2D eigenvalue weighted by Crippen LogP contribution is -2.18. The van der Waals surface area contributed by atoms with Gasteiger partial charge in [0.25, 0.3) is 0 Å². The molecule has 0 fully saturated rings. The van der Waals surface area contributed by atoms with E-state index in [-0.39, 0.29) is 17.6 Å². The van der Waals surface area contributed by atoms with Gasteiger partial charge < -0.3 is 9.72 Å². The lowest BCUT2D eigenvalue weighted by molar-refractivity contribution is 0.0524. The van der Waals surface area contributed by atoms with E-state index in [0.717, 1.165) is 15.6 Å². The van der Waals surface area contributed by atoms with Crippen LogP contribution in [0.4, 0.5) is 0 Å². The van der Waals surface area contributed by atoms with Crippen molar-refractivity contribution >= 4 is 40.0 Å². The van der Waals surface area contributed by atoms with Gasteiger partial charge in [-0.05, 0) is 25.3 Å². The Balaban J connectivity index is 2.06. The number of aromatic amines is 1. The highest BCUT2D eigenvalue weighted by atomic mass is 32.2. The fraction of sp³-hybridized carbons (Fsp3) is 0.188. The molecule has 0 aliphatic heterocycles. The Labute approximate surface area is 140 Å². The number of pyridine rings is 1. The highest BCUT2D eigenvalue weighted by molar-refractivity contribution is 8.00. The molecule has 0 aliphatic carbocycles. The number of aromatic nitrogens is 2. The zero-order chi connectivity index (χ0) is 16.4. The number of thiazole rings is 1. The molecule has 0 spiro atoms. The summed E-state index contributed by atoms with van der Waals surface area (Å²) in [7, 11) is 0. The molecular weight excluding hydrogens is 332 g/mol. The van der Waals surface area contributed by atoms with Crippen LogP contribution < -0.4 is 5.43 Å². The number of hydrogen-bond donors (Lipinski definition) is 1. The van der Waals surface area contributed by atoms with E-state index in [1.807, 2.05) is 23.8 Å². The summed E-state index contributed by atoms with van der Waals surface area (Å²) in [6, 6.07) is 5.42. The number of rotatable bonds is 4. The average Bonchev–Trinajstić information content (AvgIpc) is 3.04. The fourth-order valence-corrected chi connectivity index (χ4v) is 3.50. The number of carbonyl (C=O) groups excluding carboxylic acids is 1. The highest BCUT2D eigenvalue weighted by Crippen LogP contribution is 2.28. The Kier molecular flexibility index (Phi) is 4.49. The maximum absolute atomic E-state index is 12.4. The van der Waals surface area contributed by atoms with E-state index in [0.29, 0.717) is 10.9 Å². The molecule has 1 aromatic carbocycles. The third-order valence-electron chi connectivity index (χ3n) is 3.33. The number of nitrogens with one attached hydrogen (secondary N) is 1. The third kappa shape index (κ3) is 3.02. The minimum Gasteiger partial charge on any atom is -0.462 e. The Morgan fingerprint density at radius 2 is 2.26 bits per heavy atom. The molecule has 1 N–H and O–H groups in total. The first kappa shape index (κ1) is 15.8. The summed E-state index contributed by atoms with van der Waals surface area (Å²) in [5.41, 5.74) is 2.15. The van der Waals surface area contributed by atoms with E-state index in [1.165, 1.54) is 6.20 Å². The van der Waals surface area contributed by atoms with Crippen LogP contribution in [0.3, 0.4) is 0 Å². The standard InChI is InChI=1S/C16H14N2O3S2/c1-3-21-15(20)11-7-17-12-6-9(4-5-10(12)14(11)19)13-8-23-16(18-13)22-2/h4-8H,3H2,1-2H3,(H,17,19). The number of esters is 1. The Morgan fingerprint density at radius 1 is 1.43 bits per heavy atom. The van der Waals surface area contributed by atoms with Crippen molar-refractivity contribution in [3.05, 3.63) is 45.6 Å². The van der Waals surface area contributed by atoms with Crippen molar-refractivity contribution in [3.63, 3.8) is 0 Å². The molecule has 2 heterocycles. The van der Waals surface area contributed by atoms with E-state index >= 15 is 0 Å². The zero-order valence-corrected chi connectivity index (χ0v) is 14.2. The van der Waals surface area contributed by atoms with Gasteiger partial charge in [0.1, 0.15) is 9.90 Å². The lowest BCUT2D eigenvalue weighted by Gasteiger charge is -2.04. The molecule has 0 amide bonds. The molecule has 3 aromatic rings. The van der Waals surface area contributed by atoms with Crippen LogP contribution in [0, 0.1) is 0 Å². The van der Waals surface area contributed by atoms with Crippen LogP contribution in [-0.4, -0.2) is 28.8 Å². The van der Waals surface area contributed by atoms with Crippen molar-refractivity contribution in [1.29, 1.82) is 0 Å². The topological polar surface area (TPSA) is 72.1 Å². The van der Waals surface area contributed by atoms with E-state index in [1.54, 1.807) is 36.1 Å². The maximum Gasteiger partial charge on any atom is 0.343 e. The molecule has 0 atom stereocenters. The molecule has 3 rings (SSSR count). The first-order valence-electron chi connectivity index (χ1n) is 6.96. The summed E-state index contributed by atoms with van der Waals surface area (Å²) in [5, 5.41) is 2.44. The summed E-state index contributed by atoms with van der Waals surface area (Å²) in [5.74, 6) is -0.608. The third-order valence-corrected chi connectivity index (χ3v) is 5.19. The van der Waals surface area contributed by atoms with Crippen molar-refractivity contribution in [2.75, 3.05) is 12.9 Å². The first-order valence-corrected chi connectivity index (χ1v) is 9.07. The Bertz CT molecular complexity index is 930. The molecule has 0 unspecified atom stereocenters. The minimum absolute atomic E-state index is 0.0189. The number of nitrogens with zero attached hydrogens (tertiary/aromatic N) is 1. The predicted molar refractivity (Wildman–Crippen MR) is 93.4 cm³/mol. The van der Waals surface area contributed by atoms with Gasteiger partial charge in [0.2, 0.25) is 5.43 Å². The number of thioether (sulfide) groups is 1. The lowest BCUT2D eigenvalue weighted by atomic mass is 10.1. The molecule has 0 saturated carbocycles. The molecule has 0 bridgehead atoms. The van der Waals surface area contributed by atoms with Crippen LogP contribution >= 0.6 is 23.1 Å². The summed E-state index contributed by atoms with van der Waals surface area (Å²) in [6.45, 7) is 1.94. The van der Waals surface area contributed by atoms with Gasteiger partial charge in [-0.15, -0.1) is 11.3 Å². The van der Waals surface area contributed by atoms with Crippen LogP contribution in [0.15, 0.2) is 38.9 Å². The van der Waals surface area contributed by atoms with Crippen molar-refractivity contribution < 1.29 is 9.53 Å². The second-order valence-electron chi connectivity index (χ2n) is 4.72. The van der Waals surface area contributed by atoms with Crippen LogP contribution in [0.1, 0.15) is 17.3 Å². The van der Waals surface area contributed by atoms with Gasteiger partial charge in [-0.1, -0.05) is 17.8 Å². The number of fused-ring (bicyclic) bond motifs is 1. The molecule has 0 radical (unpaired) electrons. The molecule has 0 saturated heterocycles. The van der Waals surface area contributed by atoms with Crippen LogP contribution in [-0.2, 0) is 4.74 Å². The van der Waals surface area contributed by atoms with E-state index < -0.39 is 5.97 Å². The van der Waals surface area contributed by atoms with E-state index in [2.05, 4.69) is 9.97 Å².